The van der Waals surface area contributed by atoms with Gasteiger partial charge < -0.3 is 19.9 Å². The van der Waals surface area contributed by atoms with E-state index in [0.717, 1.165) is 12.0 Å². The van der Waals surface area contributed by atoms with Gasteiger partial charge in [0.25, 0.3) is 0 Å². The molecule has 2 N–H and O–H groups in total. The molecule has 114 valence electrons. The van der Waals surface area contributed by atoms with Gasteiger partial charge in [0.2, 0.25) is 5.91 Å². The number of benzene rings is 1. The van der Waals surface area contributed by atoms with Gasteiger partial charge in [0, 0.05) is 13.0 Å². The average Bonchev–Trinajstić information content (AvgIpc) is 3.01. The summed E-state index contributed by atoms with van der Waals surface area (Å²) in [6.07, 6.45) is 1.13. The summed E-state index contributed by atoms with van der Waals surface area (Å²) in [6.45, 7) is 0.547. The normalized spacial score (nSPS) is 19.0. The Kier molecular flexibility index (Phi) is 5.16. The molecule has 21 heavy (non-hydrogen) atoms. The molecule has 1 aromatic rings. The molecule has 0 saturated carbocycles. The lowest BCUT2D eigenvalue weighted by atomic mass is 10.1. The van der Waals surface area contributed by atoms with Crippen molar-refractivity contribution in [1.82, 2.24) is 5.32 Å². The number of amides is 1. The smallest absolute Gasteiger partial charge is 0.326 e. The van der Waals surface area contributed by atoms with Gasteiger partial charge >= 0.3 is 5.97 Å². The van der Waals surface area contributed by atoms with Crippen molar-refractivity contribution in [3.8, 4) is 5.75 Å². The highest BCUT2D eigenvalue weighted by Gasteiger charge is 2.28. The minimum absolute atomic E-state index is 0.199. The van der Waals surface area contributed by atoms with E-state index in [9.17, 15) is 14.7 Å². The Morgan fingerprint density at radius 1 is 1.52 bits per heavy atom. The van der Waals surface area contributed by atoms with E-state index in [1.165, 1.54) is 0 Å². The molecule has 1 amide bonds. The predicted molar refractivity (Wildman–Crippen MR) is 75.2 cm³/mol. The van der Waals surface area contributed by atoms with Gasteiger partial charge in [-0.25, -0.2) is 4.79 Å². The Morgan fingerprint density at radius 2 is 2.33 bits per heavy atom. The first-order valence-electron chi connectivity index (χ1n) is 6.88. The predicted octanol–water partition coefficient (Wildman–Crippen LogP) is 0.986. The van der Waals surface area contributed by atoms with E-state index in [4.69, 9.17) is 9.47 Å². The number of aliphatic carboxylic acids is 1. The molecule has 0 spiro atoms. The molecule has 2 atom stereocenters. The van der Waals surface area contributed by atoms with E-state index in [2.05, 4.69) is 5.32 Å². The molecule has 0 unspecified atom stereocenters. The Labute approximate surface area is 123 Å². The van der Waals surface area contributed by atoms with Crippen LogP contribution in [0.4, 0.5) is 0 Å². The molecular formula is C15H19NO5. The summed E-state index contributed by atoms with van der Waals surface area (Å²) in [7, 11) is 1.55. The summed E-state index contributed by atoms with van der Waals surface area (Å²) in [4.78, 5) is 23.3. The van der Waals surface area contributed by atoms with Gasteiger partial charge in [-0.2, -0.15) is 0 Å². The lowest BCUT2D eigenvalue weighted by Crippen LogP contribution is -2.46. The van der Waals surface area contributed by atoms with Gasteiger partial charge in [-0.1, -0.05) is 12.1 Å². The number of hydrogen-bond donors (Lipinski definition) is 2. The van der Waals surface area contributed by atoms with Gasteiger partial charge in [0.1, 0.15) is 17.9 Å². The number of ether oxygens (including phenoxy) is 2. The van der Waals surface area contributed by atoms with Gasteiger partial charge in [0.05, 0.1) is 7.11 Å². The highest BCUT2D eigenvalue weighted by molar-refractivity contribution is 5.86. The number of methoxy groups -OCH3 is 1. The number of hydrogen-bond acceptors (Lipinski definition) is 4. The molecule has 6 nitrogen and oxygen atoms in total. The van der Waals surface area contributed by atoms with Crippen LogP contribution in [0.15, 0.2) is 24.3 Å². The lowest BCUT2D eigenvalue weighted by Gasteiger charge is -2.17. The molecule has 1 heterocycles. The summed E-state index contributed by atoms with van der Waals surface area (Å²) < 4.78 is 10.4. The Bertz CT molecular complexity index is 511. The number of carboxylic acids is 1. The summed E-state index contributed by atoms with van der Waals surface area (Å²) in [5.41, 5.74) is 0.786. The highest BCUT2D eigenvalue weighted by Crippen LogP contribution is 2.15. The third-order valence-corrected chi connectivity index (χ3v) is 3.41. The van der Waals surface area contributed by atoms with E-state index in [0.29, 0.717) is 18.8 Å². The third-order valence-electron chi connectivity index (χ3n) is 3.41. The summed E-state index contributed by atoms with van der Waals surface area (Å²) in [5, 5.41) is 11.8. The number of carbonyl (C=O) groups is 2. The average molecular weight is 293 g/mol. The van der Waals surface area contributed by atoms with Crippen LogP contribution in [0.2, 0.25) is 0 Å². The third kappa shape index (κ3) is 4.19. The second-order valence-corrected chi connectivity index (χ2v) is 4.96. The number of nitrogens with one attached hydrogen (secondary N) is 1. The Balaban J connectivity index is 2.01. The van der Waals surface area contributed by atoms with Crippen molar-refractivity contribution < 1.29 is 24.2 Å². The van der Waals surface area contributed by atoms with Crippen molar-refractivity contribution in [1.29, 1.82) is 0 Å². The minimum atomic E-state index is -1.07. The van der Waals surface area contributed by atoms with Gasteiger partial charge in [-0.15, -0.1) is 0 Å². The first-order chi connectivity index (χ1) is 10.1. The van der Waals surface area contributed by atoms with Gasteiger partial charge in [-0.3, -0.25) is 4.79 Å². The molecule has 6 heteroatoms. The summed E-state index contributed by atoms with van der Waals surface area (Å²) >= 11 is 0. The summed E-state index contributed by atoms with van der Waals surface area (Å²) in [5.74, 6) is -0.769. The molecule has 0 aliphatic carbocycles. The van der Waals surface area contributed by atoms with E-state index < -0.39 is 18.1 Å². The molecule has 1 aromatic carbocycles. The molecular weight excluding hydrogens is 274 g/mol. The maximum absolute atomic E-state index is 11.9. The van der Waals surface area contributed by atoms with Crippen molar-refractivity contribution in [3.05, 3.63) is 29.8 Å². The fourth-order valence-corrected chi connectivity index (χ4v) is 2.28. The minimum Gasteiger partial charge on any atom is -0.497 e. The van der Waals surface area contributed by atoms with Crippen LogP contribution in [0.3, 0.4) is 0 Å². The second-order valence-electron chi connectivity index (χ2n) is 4.96. The summed E-state index contributed by atoms with van der Waals surface area (Å²) in [6, 6.07) is 6.15. The molecule has 1 aliphatic heterocycles. The molecule has 1 fully saturated rings. The van der Waals surface area contributed by atoms with Crippen molar-refractivity contribution in [2.75, 3.05) is 13.7 Å². The van der Waals surface area contributed by atoms with Crippen LogP contribution in [0.25, 0.3) is 0 Å². The maximum atomic E-state index is 11.9. The zero-order chi connectivity index (χ0) is 15.2. The number of rotatable bonds is 6. The van der Waals surface area contributed by atoms with Gasteiger partial charge in [-0.05, 0) is 30.5 Å². The molecule has 1 saturated heterocycles. The fourth-order valence-electron chi connectivity index (χ4n) is 2.28. The molecule has 0 radical (unpaired) electrons. The highest BCUT2D eigenvalue weighted by atomic mass is 16.5. The second kappa shape index (κ2) is 7.08. The Hall–Kier alpha value is -2.08. The van der Waals surface area contributed by atoms with Crippen LogP contribution >= 0.6 is 0 Å². The van der Waals surface area contributed by atoms with Gasteiger partial charge in [0.15, 0.2) is 0 Å². The van der Waals surface area contributed by atoms with E-state index in [1.54, 1.807) is 31.4 Å². The Morgan fingerprint density at radius 3 is 2.95 bits per heavy atom. The van der Waals surface area contributed by atoms with Crippen LogP contribution in [0.1, 0.15) is 18.4 Å². The molecule has 0 bridgehead atoms. The molecule has 0 aromatic heterocycles. The zero-order valence-corrected chi connectivity index (χ0v) is 11.9. The standard InChI is InChI=1S/C15H19NO5/c1-20-11-5-2-4-10(8-11)9-12(15(18)19)16-14(17)13-6-3-7-21-13/h2,4-5,8,12-13H,3,6-7,9H2,1H3,(H,16,17)(H,18,19)/t12-,13+/m0/s1. The topological polar surface area (TPSA) is 84.9 Å². The SMILES string of the molecule is COc1cccc(C[C@H](NC(=O)[C@H]2CCCO2)C(=O)O)c1. The van der Waals surface area contributed by atoms with E-state index >= 15 is 0 Å². The monoisotopic (exact) mass is 293 g/mol. The molecule has 2 rings (SSSR count). The fraction of sp³-hybridized carbons (Fsp3) is 0.467. The maximum Gasteiger partial charge on any atom is 0.326 e. The van der Waals surface area contributed by atoms with Crippen molar-refractivity contribution >= 4 is 11.9 Å². The van der Waals surface area contributed by atoms with Crippen LogP contribution in [0.5, 0.6) is 5.75 Å². The van der Waals surface area contributed by atoms with Crippen molar-refractivity contribution in [2.24, 2.45) is 0 Å². The number of carboxylic acid groups (broad SMARTS) is 1. The van der Waals surface area contributed by atoms with E-state index in [1.807, 2.05) is 0 Å². The number of carbonyl (C=O) groups excluding carboxylic acids is 1. The van der Waals surface area contributed by atoms with Crippen LogP contribution in [-0.4, -0.2) is 42.8 Å². The van der Waals surface area contributed by atoms with Crippen molar-refractivity contribution in [2.45, 2.75) is 31.4 Å². The quantitative estimate of drug-likeness (QED) is 0.817. The largest absolute Gasteiger partial charge is 0.497 e. The van der Waals surface area contributed by atoms with Crippen LogP contribution < -0.4 is 10.1 Å². The zero-order valence-electron chi connectivity index (χ0n) is 11.9. The van der Waals surface area contributed by atoms with Crippen molar-refractivity contribution in [3.63, 3.8) is 0 Å². The first-order valence-corrected chi connectivity index (χ1v) is 6.88. The molecule has 1 aliphatic rings. The first kappa shape index (κ1) is 15.3. The lowest BCUT2D eigenvalue weighted by molar-refractivity contribution is -0.143. The van der Waals surface area contributed by atoms with Crippen LogP contribution in [0, 0.1) is 0 Å². The van der Waals surface area contributed by atoms with E-state index in [-0.39, 0.29) is 12.3 Å². The van der Waals surface area contributed by atoms with Crippen LogP contribution in [-0.2, 0) is 20.7 Å².